The molecule has 2 aromatic carbocycles. The minimum atomic E-state index is -0.117. The molecule has 1 aliphatic rings. The first-order valence-corrected chi connectivity index (χ1v) is 8.70. The molecule has 4 rings (SSSR count). The van der Waals surface area contributed by atoms with Gasteiger partial charge in [0, 0.05) is 42.4 Å². The van der Waals surface area contributed by atoms with Crippen LogP contribution in [0.4, 0.5) is 33.6 Å². The van der Waals surface area contributed by atoms with Crippen molar-refractivity contribution in [3.05, 3.63) is 66.4 Å². The lowest BCUT2D eigenvalue weighted by Crippen LogP contribution is -2.40. The predicted octanol–water partition coefficient (Wildman–Crippen LogP) is 3.42. The Labute approximate surface area is 157 Å². The second-order valence-electron chi connectivity index (χ2n) is 6.37. The van der Waals surface area contributed by atoms with Gasteiger partial charge in [0.2, 0.25) is 5.95 Å². The number of nitrogen functional groups attached to an aromatic ring is 1. The number of anilines is 5. The number of nitrogens with two attached hydrogens (primary N) is 1. The van der Waals surface area contributed by atoms with E-state index >= 15 is 0 Å². The highest BCUT2D eigenvalue weighted by molar-refractivity contribution is 6.03. The average Bonchev–Trinajstić information content (AvgIpc) is 2.80. The van der Waals surface area contributed by atoms with E-state index in [2.05, 4.69) is 15.3 Å². The number of carbonyl (C=O) groups excluding carboxylic acids is 1. The van der Waals surface area contributed by atoms with Gasteiger partial charge in [0.15, 0.2) is 0 Å². The van der Waals surface area contributed by atoms with Gasteiger partial charge in [0.25, 0.3) is 0 Å². The second kappa shape index (κ2) is 6.95. The number of aromatic nitrogens is 2. The number of urea groups is 1. The molecule has 0 aliphatic carbocycles. The molecule has 2 heterocycles. The molecule has 0 bridgehead atoms. The fraction of sp³-hybridized carbons (Fsp3) is 0.150. The summed E-state index contributed by atoms with van der Waals surface area (Å²) < 4.78 is 0. The predicted molar refractivity (Wildman–Crippen MR) is 107 cm³/mol. The molecule has 3 aromatic rings. The summed E-state index contributed by atoms with van der Waals surface area (Å²) in [6.07, 6.45) is 2.45. The molecule has 136 valence electrons. The van der Waals surface area contributed by atoms with Gasteiger partial charge in [-0.3, -0.25) is 9.80 Å². The van der Waals surface area contributed by atoms with Gasteiger partial charge in [-0.25, -0.2) is 9.78 Å². The van der Waals surface area contributed by atoms with E-state index in [-0.39, 0.29) is 6.03 Å². The van der Waals surface area contributed by atoms with Gasteiger partial charge in [-0.1, -0.05) is 24.3 Å². The molecule has 0 saturated carbocycles. The number of carbonyl (C=O) groups is 1. The molecular formula is C20H20N6O. The van der Waals surface area contributed by atoms with Crippen molar-refractivity contribution in [1.29, 1.82) is 0 Å². The van der Waals surface area contributed by atoms with E-state index in [1.165, 1.54) is 0 Å². The Kier molecular flexibility index (Phi) is 4.33. The summed E-state index contributed by atoms with van der Waals surface area (Å²) in [5.74, 6) is 1.03. The third kappa shape index (κ3) is 3.39. The van der Waals surface area contributed by atoms with Gasteiger partial charge in [-0.15, -0.1) is 0 Å². The second-order valence-corrected chi connectivity index (χ2v) is 6.37. The van der Waals surface area contributed by atoms with Crippen LogP contribution in [-0.2, 0) is 6.42 Å². The van der Waals surface area contributed by atoms with Crippen LogP contribution >= 0.6 is 0 Å². The highest BCUT2D eigenvalue weighted by Gasteiger charge is 2.27. The number of benzene rings is 2. The number of hydrogen-bond acceptors (Lipinski definition) is 5. The maximum atomic E-state index is 13.0. The summed E-state index contributed by atoms with van der Waals surface area (Å²) in [6.45, 7) is 0.575. The number of nitrogens with one attached hydrogen (secondary N) is 1. The maximum Gasteiger partial charge on any atom is 0.329 e. The molecule has 27 heavy (non-hydrogen) atoms. The van der Waals surface area contributed by atoms with Crippen LogP contribution in [0, 0.1) is 0 Å². The van der Waals surface area contributed by atoms with Crippen LogP contribution in [0.3, 0.4) is 0 Å². The van der Waals surface area contributed by atoms with Crippen molar-refractivity contribution in [1.82, 2.24) is 9.97 Å². The highest BCUT2D eigenvalue weighted by Crippen LogP contribution is 2.27. The molecule has 0 unspecified atom stereocenters. The summed E-state index contributed by atoms with van der Waals surface area (Å²) in [5, 5.41) is 3.14. The van der Waals surface area contributed by atoms with Gasteiger partial charge in [-0.05, 0) is 36.8 Å². The van der Waals surface area contributed by atoms with Crippen molar-refractivity contribution in [2.75, 3.05) is 34.4 Å². The topological polar surface area (TPSA) is 87.4 Å². The van der Waals surface area contributed by atoms with Crippen molar-refractivity contribution in [2.45, 2.75) is 6.42 Å². The zero-order chi connectivity index (χ0) is 18.8. The number of hydrogen-bond donors (Lipinski definition) is 2. The standard InChI is InChI=1S/C20H20N6O/c1-25-18-14(10-11-26(20(25)27)17-8-3-2-4-9-17)13-22-19(24-18)23-16-7-5-6-15(21)12-16/h2-9,12-13H,10-11,21H2,1H3,(H,22,23,24). The molecule has 0 spiro atoms. The third-order valence-corrected chi connectivity index (χ3v) is 4.49. The van der Waals surface area contributed by atoms with Crippen molar-refractivity contribution < 1.29 is 4.79 Å². The largest absolute Gasteiger partial charge is 0.399 e. The number of para-hydroxylation sites is 1. The lowest BCUT2D eigenvalue weighted by Gasteiger charge is -2.24. The summed E-state index contributed by atoms with van der Waals surface area (Å²) in [6, 6.07) is 16.9. The van der Waals surface area contributed by atoms with E-state index in [0.29, 0.717) is 30.4 Å². The zero-order valence-corrected chi connectivity index (χ0v) is 15.0. The van der Waals surface area contributed by atoms with Gasteiger partial charge in [0.05, 0.1) is 0 Å². The normalized spacial score (nSPS) is 13.9. The van der Waals surface area contributed by atoms with Crippen LogP contribution < -0.4 is 20.9 Å². The molecule has 7 nitrogen and oxygen atoms in total. The summed E-state index contributed by atoms with van der Waals surface area (Å²) in [7, 11) is 1.74. The van der Waals surface area contributed by atoms with Crippen LogP contribution in [0.15, 0.2) is 60.8 Å². The minimum absolute atomic E-state index is 0.117. The SMILES string of the molecule is CN1C(=O)N(c2ccccc2)CCc2cnc(Nc3cccc(N)c3)nc21. The van der Waals surface area contributed by atoms with Crippen LogP contribution in [0.25, 0.3) is 0 Å². The lowest BCUT2D eigenvalue weighted by atomic mass is 10.2. The molecule has 1 aliphatic heterocycles. The third-order valence-electron chi connectivity index (χ3n) is 4.49. The minimum Gasteiger partial charge on any atom is -0.399 e. The Balaban J connectivity index is 1.63. The lowest BCUT2D eigenvalue weighted by molar-refractivity contribution is 0.253. The first-order valence-electron chi connectivity index (χ1n) is 8.70. The van der Waals surface area contributed by atoms with E-state index < -0.39 is 0 Å². The average molecular weight is 360 g/mol. The van der Waals surface area contributed by atoms with Crippen molar-refractivity contribution in [2.24, 2.45) is 0 Å². The van der Waals surface area contributed by atoms with Crippen molar-refractivity contribution in [3.63, 3.8) is 0 Å². The van der Waals surface area contributed by atoms with E-state index in [9.17, 15) is 4.79 Å². The highest BCUT2D eigenvalue weighted by atomic mass is 16.2. The number of amides is 2. The first-order chi connectivity index (χ1) is 13.1. The molecule has 0 radical (unpaired) electrons. The molecule has 0 fully saturated rings. The van der Waals surface area contributed by atoms with Gasteiger partial charge >= 0.3 is 6.03 Å². The van der Waals surface area contributed by atoms with Crippen LogP contribution in [0.5, 0.6) is 0 Å². The molecule has 7 heteroatoms. The summed E-state index contributed by atoms with van der Waals surface area (Å²) in [5.41, 5.74) is 9.07. The maximum absolute atomic E-state index is 13.0. The van der Waals surface area contributed by atoms with E-state index in [4.69, 9.17) is 5.73 Å². The Bertz CT molecular complexity index is 975. The quantitative estimate of drug-likeness (QED) is 0.699. The van der Waals surface area contributed by atoms with Gasteiger partial charge in [-0.2, -0.15) is 4.98 Å². The number of nitrogens with zero attached hydrogens (tertiary/aromatic N) is 4. The molecule has 2 amide bonds. The number of fused-ring (bicyclic) bond motifs is 1. The summed E-state index contributed by atoms with van der Waals surface area (Å²) in [4.78, 5) is 25.3. The van der Waals surface area contributed by atoms with Crippen LogP contribution in [0.2, 0.25) is 0 Å². The fourth-order valence-electron chi connectivity index (χ4n) is 3.12. The Morgan fingerprint density at radius 2 is 1.93 bits per heavy atom. The van der Waals surface area contributed by atoms with Crippen molar-refractivity contribution in [3.8, 4) is 0 Å². The smallest absolute Gasteiger partial charge is 0.329 e. The molecule has 0 atom stereocenters. The van der Waals surface area contributed by atoms with E-state index in [1.807, 2.05) is 48.5 Å². The molecular weight excluding hydrogens is 340 g/mol. The van der Waals surface area contributed by atoms with Gasteiger partial charge < -0.3 is 11.1 Å². The Hall–Kier alpha value is -3.61. The molecule has 3 N–H and O–H groups in total. The van der Waals surface area contributed by atoms with Crippen LogP contribution in [0.1, 0.15) is 5.56 Å². The summed E-state index contributed by atoms with van der Waals surface area (Å²) >= 11 is 0. The van der Waals surface area contributed by atoms with Crippen LogP contribution in [-0.4, -0.2) is 29.6 Å². The monoisotopic (exact) mass is 360 g/mol. The molecule has 0 saturated heterocycles. The zero-order valence-electron chi connectivity index (χ0n) is 15.0. The van der Waals surface area contributed by atoms with E-state index in [0.717, 1.165) is 16.9 Å². The van der Waals surface area contributed by atoms with Crippen molar-refractivity contribution >= 4 is 34.9 Å². The van der Waals surface area contributed by atoms with Gasteiger partial charge in [0.1, 0.15) is 5.82 Å². The number of rotatable bonds is 3. The molecule has 1 aromatic heterocycles. The first kappa shape index (κ1) is 16.8. The Morgan fingerprint density at radius 3 is 2.70 bits per heavy atom. The fourth-order valence-corrected chi connectivity index (χ4v) is 3.12. The Morgan fingerprint density at radius 1 is 1.11 bits per heavy atom. The van der Waals surface area contributed by atoms with E-state index in [1.54, 1.807) is 29.1 Å².